The number of ether oxygens (including phenoxy) is 3. The molecule has 0 atom stereocenters. The molecule has 0 aliphatic heterocycles. The Bertz CT molecular complexity index is 907. The van der Waals surface area contributed by atoms with Crippen molar-refractivity contribution in [2.75, 3.05) is 0 Å². The van der Waals surface area contributed by atoms with Crippen molar-refractivity contribution in [3.63, 3.8) is 0 Å². The minimum Gasteiger partial charge on any atom is -0.487 e. The summed E-state index contributed by atoms with van der Waals surface area (Å²) in [4.78, 5) is 0. The minimum atomic E-state index is -0.850. The van der Waals surface area contributed by atoms with E-state index in [1.165, 1.54) is 0 Å². The Morgan fingerprint density at radius 2 is 1.06 bits per heavy atom. The van der Waals surface area contributed by atoms with Gasteiger partial charge in [-0.15, -0.1) is 0 Å². The lowest BCUT2D eigenvalue weighted by molar-refractivity contribution is -0.0313. The van der Waals surface area contributed by atoms with Crippen LogP contribution < -0.4 is 9.47 Å². The zero-order chi connectivity index (χ0) is 22.4. The van der Waals surface area contributed by atoms with Gasteiger partial charge in [0, 0.05) is 5.56 Å². The van der Waals surface area contributed by atoms with Crippen LogP contribution in [0.2, 0.25) is 0 Å². The maximum absolute atomic E-state index is 6.84. The smallest absolute Gasteiger partial charge is 0.168 e. The molecule has 31 heavy (non-hydrogen) atoms. The summed E-state index contributed by atoms with van der Waals surface area (Å²) in [6.45, 7) is 12.3. The Labute approximate surface area is 187 Å². The third-order valence-corrected chi connectivity index (χ3v) is 4.85. The summed E-state index contributed by atoms with van der Waals surface area (Å²) in [7, 11) is 0. The fourth-order valence-electron chi connectivity index (χ4n) is 3.87. The van der Waals surface area contributed by atoms with E-state index in [4.69, 9.17) is 14.2 Å². The van der Waals surface area contributed by atoms with Gasteiger partial charge in [-0.1, -0.05) is 72.8 Å². The van der Waals surface area contributed by atoms with Crippen molar-refractivity contribution in [2.24, 2.45) is 0 Å². The molecule has 164 valence electrons. The molecule has 0 aliphatic carbocycles. The SMILES string of the molecule is CC(C)Oc1cccc(C(OC(C)C)(c2ccccc2)c2ccccc2)c1OC(C)C. The van der Waals surface area contributed by atoms with Gasteiger partial charge in [0.2, 0.25) is 0 Å². The Kier molecular flexibility index (Phi) is 7.40. The molecule has 0 saturated heterocycles. The van der Waals surface area contributed by atoms with Gasteiger partial charge in [0.15, 0.2) is 11.5 Å². The number of rotatable bonds is 9. The quantitative estimate of drug-likeness (QED) is 0.351. The molecule has 0 heterocycles. The topological polar surface area (TPSA) is 27.7 Å². The molecule has 3 rings (SSSR count). The molecule has 0 fully saturated rings. The molecule has 0 bridgehead atoms. The first-order valence-corrected chi connectivity index (χ1v) is 11.1. The van der Waals surface area contributed by atoms with Gasteiger partial charge in [0.1, 0.15) is 5.60 Å². The van der Waals surface area contributed by atoms with E-state index in [0.29, 0.717) is 0 Å². The molecule has 0 amide bonds. The van der Waals surface area contributed by atoms with Gasteiger partial charge in [-0.3, -0.25) is 0 Å². The molecule has 3 aromatic rings. The number of hydrogen-bond acceptors (Lipinski definition) is 3. The number of hydrogen-bond donors (Lipinski definition) is 0. The summed E-state index contributed by atoms with van der Waals surface area (Å²) in [5, 5.41) is 0. The highest BCUT2D eigenvalue weighted by Crippen LogP contribution is 2.48. The van der Waals surface area contributed by atoms with Crippen LogP contribution in [0.4, 0.5) is 0 Å². The first-order valence-electron chi connectivity index (χ1n) is 11.1. The molecule has 0 N–H and O–H groups in total. The van der Waals surface area contributed by atoms with E-state index in [9.17, 15) is 0 Å². The maximum Gasteiger partial charge on any atom is 0.168 e. The fraction of sp³-hybridized carbons (Fsp3) is 0.357. The third kappa shape index (κ3) is 5.11. The highest BCUT2D eigenvalue weighted by Gasteiger charge is 2.42. The van der Waals surface area contributed by atoms with E-state index in [0.717, 1.165) is 28.2 Å². The Balaban J connectivity index is 2.39. The van der Waals surface area contributed by atoms with Gasteiger partial charge in [0.05, 0.1) is 18.3 Å². The van der Waals surface area contributed by atoms with E-state index < -0.39 is 5.60 Å². The molecule has 0 aliphatic rings. The monoisotopic (exact) mass is 418 g/mol. The van der Waals surface area contributed by atoms with Crippen LogP contribution in [0.1, 0.15) is 58.2 Å². The van der Waals surface area contributed by atoms with Crippen LogP contribution in [-0.4, -0.2) is 18.3 Å². The molecule has 0 unspecified atom stereocenters. The van der Waals surface area contributed by atoms with Crippen molar-refractivity contribution in [1.82, 2.24) is 0 Å². The largest absolute Gasteiger partial charge is 0.487 e. The van der Waals surface area contributed by atoms with Crippen molar-refractivity contribution in [3.05, 3.63) is 95.6 Å². The molecule has 0 aromatic heterocycles. The summed E-state index contributed by atoms with van der Waals surface area (Å²) < 4.78 is 19.4. The molecular weight excluding hydrogens is 384 g/mol. The number of para-hydroxylation sites is 1. The van der Waals surface area contributed by atoms with E-state index in [2.05, 4.69) is 44.2 Å². The van der Waals surface area contributed by atoms with E-state index in [1.54, 1.807) is 0 Å². The predicted molar refractivity (Wildman–Crippen MR) is 127 cm³/mol. The van der Waals surface area contributed by atoms with Gasteiger partial charge in [0.25, 0.3) is 0 Å². The van der Waals surface area contributed by atoms with Crippen molar-refractivity contribution in [2.45, 2.75) is 65.5 Å². The Morgan fingerprint density at radius 1 is 0.548 bits per heavy atom. The minimum absolute atomic E-state index is 0.0149. The zero-order valence-corrected chi connectivity index (χ0v) is 19.5. The maximum atomic E-state index is 6.84. The molecule has 0 saturated carbocycles. The Hall–Kier alpha value is -2.78. The summed E-state index contributed by atoms with van der Waals surface area (Å²) in [5.41, 5.74) is 2.18. The number of benzene rings is 3. The van der Waals surface area contributed by atoms with E-state index in [-0.39, 0.29) is 18.3 Å². The molecular formula is C28H34O3. The van der Waals surface area contributed by atoms with Crippen LogP contribution in [0.3, 0.4) is 0 Å². The highest BCUT2D eigenvalue weighted by molar-refractivity contribution is 5.58. The average Bonchev–Trinajstić information content (AvgIpc) is 2.74. The van der Waals surface area contributed by atoms with Gasteiger partial charge in [-0.05, 0) is 58.7 Å². The first kappa shape index (κ1) is 22.9. The highest BCUT2D eigenvalue weighted by atomic mass is 16.5. The van der Waals surface area contributed by atoms with Crippen molar-refractivity contribution >= 4 is 0 Å². The fourth-order valence-corrected chi connectivity index (χ4v) is 3.87. The van der Waals surface area contributed by atoms with Crippen LogP contribution in [0.5, 0.6) is 11.5 Å². The average molecular weight is 419 g/mol. The summed E-state index contributed by atoms with van der Waals surface area (Å²) in [6, 6.07) is 26.8. The Morgan fingerprint density at radius 3 is 1.52 bits per heavy atom. The summed E-state index contributed by atoms with van der Waals surface area (Å²) in [6.07, 6.45) is -0.0143. The molecule has 3 aromatic carbocycles. The van der Waals surface area contributed by atoms with Gasteiger partial charge in [-0.2, -0.15) is 0 Å². The second kappa shape index (κ2) is 10.0. The summed E-state index contributed by atoms with van der Waals surface area (Å²) >= 11 is 0. The van der Waals surface area contributed by atoms with Crippen molar-refractivity contribution in [3.8, 4) is 11.5 Å². The zero-order valence-electron chi connectivity index (χ0n) is 19.5. The van der Waals surface area contributed by atoms with E-state index >= 15 is 0 Å². The van der Waals surface area contributed by atoms with E-state index in [1.807, 2.05) is 76.2 Å². The molecule has 3 nitrogen and oxygen atoms in total. The van der Waals surface area contributed by atoms with Crippen molar-refractivity contribution in [1.29, 1.82) is 0 Å². The molecule has 0 radical (unpaired) electrons. The van der Waals surface area contributed by atoms with Gasteiger partial charge in [-0.25, -0.2) is 0 Å². The standard InChI is InChI=1S/C28H34O3/c1-20(2)29-26-19-13-18-25(27(26)30-21(3)4)28(31-22(5)6,23-14-9-7-10-15-23)24-16-11-8-12-17-24/h7-22H,1-6H3. The normalized spacial score (nSPS) is 11.9. The van der Waals surface area contributed by atoms with Crippen LogP contribution in [0.25, 0.3) is 0 Å². The second-order valence-corrected chi connectivity index (χ2v) is 8.55. The van der Waals surface area contributed by atoms with Crippen LogP contribution >= 0.6 is 0 Å². The molecule has 0 spiro atoms. The lowest BCUT2D eigenvalue weighted by Gasteiger charge is -2.39. The first-order chi connectivity index (χ1) is 14.8. The van der Waals surface area contributed by atoms with Crippen molar-refractivity contribution < 1.29 is 14.2 Å². The lowest BCUT2D eigenvalue weighted by Crippen LogP contribution is -2.36. The summed E-state index contributed by atoms with van der Waals surface area (Å²) in [5.74, 6) is 1.45. The third-order valence-electron chi connectivity index (χ3n) is 4.85. The van der Waals surface area contributed by atoms with Gasteiger partial charge >= 0.3 is 0 Å². The predicted octanol–water partition coefficient (Wildman–Crippen LogP) is 6.98. The second-order valence-electron chi connectivity index (χ2n) is 8.55. The van der Waals surface area contributed by atoms with Crippen LogP contribution in [0, 0.1) is 0 Å². The van der Waals surface area contributed by atoms with Gasteiger partial charge < -0.3 is 14.2 Å². The lowest BCUT2D eigenvalue weighted by atomic mass is 9.79. The van der Waals surface area contributed by atoms with Crippen LogP contribution in [0.15, 0.2) is 78.9 Å². The van der Waals surface area contributed by atoms with Crippen LogP contribution in [-0.2, 0) is 10.3 Å². The molecule has 3 heteroatoms.